The topological polar surface area (TPSA) is 41.6 Å². The maximum absolute atomic E-state index is 12.3. The Bertz CT molecular complexity index is 797. The third-order valence-electron chi connectivity index (χ3n) is 5.77. The zero-order chi connectivity index (χ0) is 19.9. The van der Waals surface area contributed by atoms with Crippen LogP contribution in [0.5, 0.6) is 5.75 Å². The monoisotopic (exact) mass is 380 g/mol. The number of likely N-dealkylation sites (tertiary alicyclic amines) is 1. The van der Waals surface area contributed by atoms with Gasteiger partial charge in [-0.25, -0.2) is 0 Å². The van der Waals surface area contributed by atoms with Crippen molar-refractivity contribution in [3.63, 3.8) is 0 Å². The first-order chi connectivity index (χ1) is 13.6. The second-order valence-corrected chi connectivity index (χ2v) is 7.62. The zero-order valence-corrected chi connectivity index (χ0v) is 17.3. The molecule has 1 heterocycles. The summed E-state index contributed by atoms with van der Waals surface area (Å²) in [6.07, 6.45) is 3.15. The lowest BCUT2D eigenvalue weighted by atomic mass is 10.0. The summed E-state index contributed by atoms with van der Waals surface area (Å²) in [4.78, 5) is 14.2. The average molecular weight is 381 g/mol. The first-order valence-electron chi connectivity index (χ1n) is 10.4. The smallest absolute Gasteiger partial charge is 0.260 e. The van der Waals surface area contributed by atoms with E-state index >= 15 is 0 Å². The van der Waals surface area contributed by atoms with Crippen LogP contribution in [0.1, 0.15) is 54.5 Å². The molecule has 28 heavy (non-hydrogen) atoms. The van der Waals surface area contributed by atoms with Gasteiger partial charge in [0.2, 0.25) is 0 Å². The van der Waals surface area contributed by atoms with Crippen LogP contribution >= 0.6 is 0 Å². The molecule has 4 nitrogen and oxygen atoms in total. The number of carbonyl (C=O) groups is 1. The Hall–Kier alpha value is -2.33. The number of rotatable bonds is 8. The Kier molecular flexibility index (Phi) is 7.10. The first-order valence-corrected chi connectivity index (χ1v) is 10.4. The summed E-state index contributed by atoms with van der Waals surface area (Å²) >= 11 is 0. The van der Waals surface area contributed by atoms with E-state index in [2.05, 4.69) is 50.4 Å². The van der Waals surface area contributed by atoms with Crippen molar-refractivity contribution in [3.05, 3.63) is 64.7 Å². The third kappa shape index (κ3) is 4.93. The predicted octanol–water partition coefficient (Wildman–Crippen LogP) is 4.55. The van der Waals surface area contributed by atoms with Gasteiger partial charge in [-0.15, -0.1) is 0 Å². The van der Waals surface area contributed by atoms with Crippen molar-refractivity contribution in [2.45, 2.75) is 52.6 Å². The zero-order valence-electron chi connectivity index (χ0n) is 17.3. The number of nitrogens with one attached hydrogen (secondary N) is 1. The van der Waals surface area contributed by atoms with Crippen molar-refractivity contribution in [1.29, 1.82) is 0 Å². The van der Waals surface area contributed by atoms with E-state index < -0.39 is 0 Å². The molecule has 2 aromatic carbocycles. The molecule has 0 radical (unpaired) electrons. The Balaban J connectivity index is 1.66. The SMILES string of the molecule is CCC(NCc1cccc(C)c1C)c1ccccc1OCC(=O)N1CCCC1. The van der Waals surface area contributed by atoms with Gasteiger partial charge in [0.15, 0.2) is 6.61 Å². The summed E-state index contributed by atoms with van der Waals surface area (Å²) in [5, 5.41) is 3.68. The minimum absolute atomic E-state index is 0.0868. The van der Waals surface area contributed by atoms with Gasteiger partial charge in [0.25, 0.3) is 5.91 Å². The molecule has 0 aromatic heterocycles. The second kappa shape index (κ2) is 9.74. The number of carbonyl (C=O) groups excluding carboxylic acids is 1. The van der Waals surface area contributed by atoms with Gasteiger partial charge >= 0.3 is 0 Å². The number of para-hydroxylation sites is 1. The van der Waals surface area contributed by atoms with E-state index in [1.807, 2.05) is 23.1 Å². The molecule has 4 heteroatoms. The number of hydrogen-bond donors (Lipinski definition) is 1. The molecule has 150 valence electrons. The Labute approximate surface area is 168 Å². The van der Waals surface area contributed by atoms with Crippen LogP contribution in [0, 0.1) is 13.8 Å². The quantitative estimate of drug-likeness (QED) is 0.731. The Morgan fingerprint density at radius 2 is 1.86 bits per heavy atom. The number of benzene rings is 2. The molecular formula is C24H32N2O2. The van der Waals surface area contributed by atoms with E-state index in [0.29, 0.717) is 0 Å². The molecule has 0 saturated carbocycles. The standard InChI is InChI=1S/C24H32N2O2/c1-4-22(25-16-20-11-9-10-18(2)19(20)3)21-12-5-6-13-23(21)28-17-24(27)26-14-7-8-15-26/h5-6,9-13,22,25H,4,7-8,14-17H2,1-3H3. The van der Waals surface area contributed by atoms with Crippen molar-refractivity contribution < 1.29 is 9.53 Å². The van der Waals surface area contributed by atoms with Crippen molar-refractivity contribution in [2.24, 2.45) is 0 Å². The highest BCUT2D eigenvalue weighted by atomic mass is 16.5. The van der Waals surface area contributed by atoms with Gasteiger partial charge in [0, 0.05) is 31.2 Å². The lowest BCUT2D eigenvalue weighted by Crippen LogP contribution is -2.32. The highest BCUT2D eigenvalue weighted by molar-refractivity contribution is 5.78. The number of ether oxygens (including phenoxy) is 1. The fourth-order valence-corrected chi connectivity index (χ4v) is 3.81. The van der Waals surface area contributed by atoms with Crippen LogP contribution in [0.3, 0.4) is 0 Å². The van der Waals surface area contributed by atoms with Crippen LogP contribution in [-0.2, 0) is 11.3 Å². The fourth-order valence-electron chi connectivity index (χ4n) is 3.81. The van der Waals surface area contributed by atoms with Crippen LogP contribution in [0.15, 0.2) is 42.5 Å². The van der Waals surface area contributed by atoms with Gasteiger partial charge in [-0.1, -0.05) is 43.3 Å². The minimum Gasteiger partial charge on any atom is -0.483 e. The molecule has 1 unspecified atom stereocenters. The average Bonchev–Trinajstić information content (AvgIpc) is 3.25. The number of hydrogen-bond acceptors (Lipinski definition) is 3. The minimum atomic E-state index is 0.0868. The maximum atomic E-state index is 12.3. The number of aryl methyl sites for hydroxylation is 1. The van der Waals surface area contributed by atoms with Gasteiger partial charge in [-0.2, -0.15) is 0 Å². The van der Waals surface area contributed by atoms with Crippen molar-refractivity contribution in [1.82, 2.24) is 10.2 Å². The first kappa shape index (κ1) is 20.4. The van der Waals surface area contributed by atoms with Crippen LogP contribution in [0.2, 0.25) is 0 Å². The van der Waals surface area contributed by atoms with Crippen molar-refractivity contribution in [3.8, 4) is 5.75 Å². The lowest BCUT2D eigenvalue weighted by Gasteiger charge is -2.22. The molecule has 1 amide bonds. The summed E-state index contributed by atoms with van der Waals surface area (Å²) in [7, 11) is 0. The number of nitrogens with zero attached hydrogens (tertiary/aromatic N) is 1. The summed E-state index contributed by atoms with van der Waals surface area (Å²) < 4.78 is 5.96. The summed E-state index contributed by atoms with van der Waals surface area (Å²) in [5.74, 6) is 0.888. The molecule has 1 atom stereocenters. The van der Waals surface area contributed by atoms with Gasteiger partial charge in [0.1, 0.15) is 5.75 Å². The van der Waals surface area contributed by atoms with Crippen LogP contribution in [0.25, 0.3) is 0 Å². The third-order valence-corrected chi connectivity index (χ3v) is 5.77. The van der Waals surface area contributed by atoms with Gasteiger partial charge < -0.3 is 15.0 Å². The lowest BCUT2D eigenvalue weighted by molar-refractivity contribution is -0.132. The molecule has 1 N–H and O–H groups in total. The normalized spacial score (nSPS) is 14.9. The van der Waals surface area contributed by atoms with Gasteiger partial charge in [-0.05, 0) is 55.9 Å². The molecule has 3 rings (SSSR count). The molecule has 0 aliphatic carbocycles. The summed E-state index contributed by atoms with van der Waals surface area (Å²) in [6.45, 7) is 9.15. The number of amides is 1. The van der Waals surface area contributed by atoms with E-state index in [4.69, 9.17) is 4.74 Å². The van der Waals surface area contributed by atoms with E-state index in [-0.39, 0.29) is 18.6 Å². The summed E-state index contributed by atoms with van der Waals surface area (Å²) in [5.41, 5.74) is 5.09. The Morgan fingerprint density at radius 3 is 2.61 bits per heavy atom. The second-order valence-electron chi connectivity index (χ2n) is 7.62. The molecule has 1 aliphatic rings. The molecule has 1 aliphatic heterocycles. The van der Waals surface area contributed by atoms with E-state index in [1.54, 1.807) is 0 Å². The van der Waals surface area contributed by atoms with Gasteiger partial charge in [-0.3, -0.25) is 4.79 Å². The fraction of sp³-hybridized carbons (Fsp3) is 0.458. The largest absolute Gasteiger partial charge is 0.483 e. The molecule has 1 saturated heterocycles. The molecule has 1 fully saturated rings. The highest BCUT2D eigenvalue weighted by Crippen LogP contribution is 2.28. The van der Waals surface area contributed by atoms with E-state index in [9.17, 15) is 4.79 Å². The predicted molar refractivity (Wildman–Crippen MR) is 114 cm³/mol. The molecular weight excluding hydrogens is 348 g/mol. The highest BCUT2D eigenvalue weighted by Gasteiger charge is 2.20. The van der Waals surface area contributed by atoms with Crippen LogP contribution in [-0.4, -0.2) is 30.5 Å². The maximum Gasteiger partial charge on any atom is 0.260 e. The van der Waals surface area contributed by atoms with Crippen LogP contribution in [0.4, 0.5) is 0 Å². The van der Waals surface area contributed by atoms with Crippen molar-refractivity contribution >= 4 is 5.91 Å². The molecule has 2 aromatic rings. The van der Waals surface area contributed by atoms with Crippen molar-refractivity contribution in [2.75, 3.05) is 19.7 Å². The van der Waals surface area contributed by atoms with Gasteiger partial charge in [0.05, 0.1) is 0 Å². The molecule has 0 bridgehead atoms. The van der Waals surface area contributed by atoms with Crippen LogP contribution < -0.4 is 10.1 Å². The van der Waals surface area contributed by atoms with E-state index in [1.165, 1.54) is 16.7 Å². The molecule has 0 spiro atoms. The Morgan fingerprint density at radius 1 is 1.11 bits per heavy atom. The summed E-state index contributed by atoms with van der Waals surface area (Å²) in [6, 6.07) is 14.7. The van der Waals surface area contributed by atoms with E-state index in [0.717, 1.165) is 50.2 Å².